The van der Waals surface area contributed by atoms with Crippen molar-refractivity contribution >= 4 is 17.3 Å². The lowest BCUT2D eigenvalue weighted by Crippen LogP contribution is -1.94. The molecule has 0 radical (unpaired) electrons. The molecular weight excluding hydrogens is 236 g/mol. The molecule has 0 saturated carbocycles. The van der Waals surface area contributed by atoms with Gasteiger partial charge in [-0.15, -0.1) is 0 Å². The summed E-state index contributed by atoms with van der Waals surface area (Å²) in [5, 5.41) is 0. The number of fused-ring (bicyclic) bond motifs is 1. The van der Waals surface area contributed by atoms with Crippen LogP contribution in [0.3, 0.4) is 0 Å². The van der Waals surface area contributed by atoms with Crippen LogP contribution in [-0.4, -0.2) is 0 Å². The van der Waals surface area contributed by atoms with Crippen LogP contribution in [0.5, 0.6) is 0 Å². The third kappa shape index (κ3) is 2.20. The minimum atomic E-state index is 0.406. The summed E-state index contributed by atoms with van der Waals surface area (Å²) in [7, 11) is 0. The van der Waals surface area contributed by atoms with E-state index in [1.165, 1.54) is 34.6 Å². The Morgan fingerprint density at radius 3 is 3.06 bits per heavy atom. The van der Waals surface area contributed by atoms with Gasteiger partial charge < -0.3 is 0 Å². The quantitative estimate of drug-likeness (QED) is 0.693. The van der Waals surface area contributed by atoms with Crippen molar-refractivity contribution in [1.29, 1.82) is 0 Å². The molecule has 0 nitrogen and oxygen atoms in total. The lowest BCUT2D eigenvalue weighted by Gasteiger charge is -2.09. The number of hydrogen-bond donors (Lipinski definition) is 0. The van der Waals surface area contributed by atoms with Gasteiger partial charge in [-0.05, 0) is 28.9 Å². The van der Waals surface area contributed by atoms with Crippen LogP contribution in [0.15, 0.2) is 58.3 Å². The molecule has 1 atom stereocenters. The van der Waals surface area contributed by atoms with E-state index in [0.29, 0.717) is 12.0 Å². The minimum absolute atomic E-state index is 0.406. The first kappa shape index (κ1) is 10.7. The molecule has 2 aliphatic rings. The highest BCUT2D eigenvalue weighted by Crippen LogP contribution is 2.50. The van der Waals surface area contributed by atoms with Crippen molar-refractivity contribution in [3.8, 4) is 0 Å². The van der Waals surface area contributed by atoms with E-state index in [1.54, 1.807) is 0 Å². The largest absolute Gasteiger partial charge is 0.0983 e. The zero-order valence-corrected chi connectivity index (χ0v) is 11.5. The van der Waals surface area contributed by atoms with Crippen LogP contribution in [0.25, 0.3) is 5.57 Å². The Labute approximate surface area is 115 Å². The predicted octanol–water partition coefficient (Wildman–Crippen LogP) is 5.40. The number of hydrogen-bond acceptors (Lipinski definition) is 1. The molecule has 0 aromatic heterocycles. The Morgan fingerprint density at radius 1 is 1.28 bits per heavy atom. The van der Waals surface area contributed by atoms with Crippen LogP contribution in [0, 0.1) is 5.92 Å². The zero-order valence-electron chi connectivity index (χ0n) is 11.6. The molecule has 1 heterocycles. The molecule has 0 spiro atoms. The molecule has 1 aromatic rings. The lowest BCUT2D eigenvalue weighted by molar-refractivity contribution is 0.807. The summed E-state index contributed by atoms with van der Waals surface area (Å²) in [4.78, 5) is 2.94. The molecule has 1 aliphatic carbocycles. The molecule has 0 fully saturated rings. The molecule has 18 heavy (non-hydrogen) atoms. The van der Waals surface area contributed by atoms with Gasteiger partial charge in [-0.25, -0.2) is 0 Å². The van der Waals surface area contributed by atoms with Gasteiger partial charge in [0.25, 0.3) is 0 Å². The predicted molar refractivity (Wildman–Crippen MR) is 81.2 cm³/mol. The van der Waals surface area contributed by atoms with Crippen LogP contribution in [0.2, 0.25) is 0 Å². The van der Waals surface area contributed by atoms with E-state index in [-0.39, 0.29) is 0 Å². The van der Waals surface area contributed by atoms with Gasteiger partial charge in [0.1, 0.15) is 0 Å². The summed E-state index contributed by atoms with van der Waals surface area (Å²) < 4.78 is 8.06. The van der Waals surface area contributed by atoms with Crippen molar-refractivity contribution in [3.63, 3.8) is 0 Å². The molecule has 1 unspecified atom stereocenters. The van der Waals surface area contributed by atoms with E-state index in [9.17, 15) is 0 Å². The highest BCUT2D eigenvalue weighted by Gasteiger charge is 2.28. The Hall–Kier alpha value is -1.21. The fraction of sp³-hybridized carbons (Fsp3) is 0.294. The number of allylic oxidation sites excluding steroid dienone is 6. The SMILES string of the molecule is [2H]c1ccccc1C1=CC=C2SC(CCCC)=CC21. The molecule has 92 valence electrons. The maximum Gasteiger partial charge on any atom is 0.0629 e. The number of unbranched alkanes of at least 4 members (excludes halogenated alkanes) is 1. The monoisotopic (exact) mass is 255 g/mol. The number of thioether (sulfide) groups is 1. The molecule has 0 bridgehead atoms. The van der Waals surface area contributed by atoms with Crippen molar-refractivity contribution < 1.29 is 1.37 Å². The highest BCUT2D eigenvalue weighted by atomic mass is 32.2. The summed E-state index contributed by atoms with van der Waals surface area (Å²) in [6, 6.07) is 8.52. The second-order valence-electron chi connectivity index (χ2n) is 4.78. The molecule has 0 N–H and O–H groups in total. The molecule has 1 heteroatoms. The average Bonchev–Trinajstić information content (AvgIpc) is 2.97. The Kier molecular flexibility index (Phi) is 3.08. The van der Waals surface area contributed by atoms with Gasteiger partial charge in [-0.1, -0.05) is 73.6 Å². The summed E-state index contributed by atoms with van der Waals surface area (Å²) in [6.45, 7) is 2.24. The summed E-state index contributed by atoms with van der Waals surface area (Å²) in [6.07, 6.45) is 10.5. The van der Waals surface area contributed by atoms with Crippen LogP contribution < -0.4 is 0 Å². The molecule has 1 aromatic carbocycles. The van der Waals surface area contributed by atoms with E-state index in [2.05, 4.69) is 31.2 Å². The molecule has 3 rings (SSSR count). The summed E-state index contributed by atoms with van der Waals surface area (Å²) in [5.41, 5.74) is 2.37. The maximum atomic E-state index is 8.06. The van der Waals surface area contributed by atoms with E-state index in [4.69, 9.17) is 1.37 Å². The number of rotatable bonds is 4. The van der Waals surface area contributed by atoms with E-state index in [1.807, 2.05) is 30.0 Å². The van der Waals surface area contributed by atoms with Crippen molar-refractivity contribution in [2.24, 2.45) is 5.92 Å². The minimum Gasteiger partial charge on any atom is -0.0983 e. The second-order valence-corrected chi connectivity index (χ2v) is 5.98. The van der Waals surface area contributed by atoms with Crippen LogP contribution >= 0.6 is 11.8 Å². The van der Waals surface area contributed by atoms with E-state index >= 15 is 0 Å². The summed E-state index contributed by atoms with van der Waals surface area (Å²) >= 11 is 1.93. The average molecular weight is 255 g/mol. The zero-order chi connectivity index (χ0) is 13.2. The number of benzene rings is 1. The Balaban J connectivity index is 1.84. The van der Waals surface area contributed by atoms with Crippen molar-refractivity contribution in [2.75, 3.05) is 0 Å². The van der Waals surface area contributed by atoms with E-state index in [0.717, 1.165) is 5.56 Å². The standard InChI is InChI=1S/C17H18S/c1-2-3-9-14-12-16-15(10-11-17(16)18-14)13-7-5-4-6-8-13/h4-8,10-12,16H,2-3,9H2,1H3/i7D. The molecule has 0 saturated heterocycles. The second kappa shape index (κ2) is 5.19. The van der Waals surface area contributed by atoms with Crippen molar-refractivity contribution in [1.82, 2.24) is 0 Å². The van der Waals surface area contributed by atoms with Crippen LogP contribution in [0.4, 0.5) is 0 Å². The van der Waals surface area contributed by atoms with Crippen molar-refractivity contribution in [2.45, 2.75) is 26.2 Å². The van der Waals surface area contributed by atoms with Gasteiger partial charge in [0.2, 0.25) is 0 Å². The Morgan fingerprint density at radius 2 is 2.22 bits per heavy atom. The van der Waals surface area contributed by atoms with Gasteiger partial charge in [-0.3, -0.25) is 0 Å². The van der Waals surface area contributed by atoms with Gasteiger partial charge >= 0.3 is 0 Å². The first-order chi connectivity index (χ1) is 9.29. The first-order valence-corrected chi connectivity index (χ1v) is 7.47. The van der Waals surface area contributed by atoms with E-state index < -0.39 is 0 Å². The summed E-state index contributed by atoms with van der Waals surface area (Å²) in [5.74, 6) is 0.406. The maximum absolute atomic E-state index is 8.06. The van der Waals surface area contributed by atoms with Gasteiger partial charge in [0.05, 0.1) is 1.37 Å². The lowest BCUT2D eigenvalue weighted by atomic mass is 9.95. The smallest absolute Gasteiger partial charge is 0.0629 e. The molecular formula is C17H18S. The first-order valence-electron chi connectivity index (χ1n) is 7.16. The normalized spacial score (nSPS) is 22.2. The topological polar surface area (TPSA) is 0 Å². The highest BCUT2D eigenvalue weighted by molar-refractivity contribution is 8.07. The Bertz CT molecular complexity index is 581. The van der Waals surface area contributed by atoms with Crippen LogP contribution in [0.1, 0.15) is 33.1 Å². The van der Waals surface area contributed by atoms with Gasteiger partial charge in [-0.2, -0.15) is 0 Å². The third-order valence-electron chi connectivity index (χ3n) is 3.47. The molecule has 0 amide bonds. The van der Waals surface area contributed by atoms with Gasteiger partial charge in [0, 0.05) is 10.8 Å². The fourth-order valence-electron chi connectivity index (χ4n) is 2.49. The third-order valence-corrected chi connectivity index (χ3v) is 4.70. The van der Waals surface area contributed by atoms with Crippen molar-refractivity contribution in [3.05, 3.63) is 63.9 Å². The van der Waals surface area contributed by atoms with Crippen LogP contribution in [-0.2, 0) is 0 Å². The van der Waals surface area contributed by atoms with Gasteiger partial charge in [0.15, 0.2) is 0 Å². The fourth-order valence-corrected chi connectivity index (χ4v) is 3.70. The molecule has 1 aliphatic heterocycles.